The van der Waals surface area contributed by atoms with Gasteiger partial charge in [0, 0.05) is 32.1 Å². The van der Waals surface area contributed by atoms with Crippen molar-refractivity contribution in [1.29, 1.82) is 5.41 Å². The number of halogens is 1. The third kappa shape index (κ3) is 5.90. The van der Waals surface area contributed by atoms with Crippen molar-refractivity contribution in [3.63, 3.8) is 0 Å². The predicted molar refractivity (Wildman–Crippen MR) is 122 cm³/mol. The van der Waals surface area contributed by atoms with E-state index in [4.69, 9.17) is 31.2 Å². The average molecular weight is 503 g/mol. The molecule has 13 nitrogen and oxygen atoms in total. The molecule has 0 saturated carbocycles. The fourth-order valence-electron chi connectivity index (χ4n) is 3.91. The molecule has 0 amide bonds. The summed E-state index contributed by atoms with van der Waals surface area (Å²) >= 11 is 6.27. The highest BCUT2D eigenvalue weighted by molar-refractivity contribution is 7.87. The summed E-state index contributed by atoms with van der Waals surface area (Å²) in [6.45, 7) is 1.36. The molecule has 1 aromatic rings. The second-order valence-electron chi connectivity index (χ2n) is 7.80. The molecule has 1 aromatic heterocycles. The van der Waals surface area contributed by atoms with Crippen LogP contribution in [0.1, 0.15) is 6.42 Å². The second kappa shape index (κ2) is 10.5. The summed E-state index contributed by atoms with van der Waals surface area (Å²) in [6.07, 6.45) is 3.95. The fourth-order valence-corrected chi connectivity index (χ4v) is 5.35. The Hall–Kier alpha value is -2.07. The number of allylic oxidation sites excluding steroid dienone is 1. The van der Waals surface area contributed by atoms with Gasteiger partial charge in [0.05, 0.1) is 43.8 Å². The van der Waals surface area contributed by atoms with E-state index in [1.807, 2.05) is 0 Å². The van der Waals surface area contributed by atoms with E-state index >= 15 is 0 Å². The first-order valence-electron chi connectivity index (χ1n) is 10.4. The number of anilines is 2. The summed E-state index contributed by atoms with van der Waals surface area (Å²) in [5.74, 6) is 0.620. The molecule has 4 heterocycles. The minimum absolute atomic E-state index is 0.178. The number of nitrogens with one attached hydrogen (secondary N) is 6. The first-order chi connectivity index (χ1) is 15.9. The molecule has 5 atom stereocenters. The van der Waals surface area contributed by atoms with E-state index in [0.717, 1.165) is 6.21 Å². The highest BCUT2D eigenvalue weighted by Crippen LogP contribution is 2.31. The van der Waals surface area contributed by atoms with Crippen LogP contribution in [-0.2, 0) is 24.4 Å². The lowest BCUT2D eigenvalue weighted by Gasteiger charge is -2.20. The third-order valence-electron chi connectivity index (χ3n) is 5.39. The van der Waals surface area contributed by atoms with Crippen molar-refractivity contribution in [2.45, 2.75) is 36.8 Å². The van der Waals surface area contributed by atoms with Crippen molar-refractivity contribution >= 4 is 39.8 Å². The number of aromatic nitrogens is 2. The van der Waals surface area contributed by atoms with Gasteiger partial charge >= 0.3 is 0 Å². The number of nitrogens with zero attached hydrogens (tertiary/aromatic N) is 2. The summed E-state index contributed by atoms with van der Waals surface area (Å²) in [5, 5.41) is 16.7. The number of rotatable bonds is 10. The van der Waals surface area contributed by atoms with E-state index in [-0.39, 0.29) is 31.2 Å². The van der Waals surface area contributed by atoms with Crippen LogP contribution in [0.2, 0.25) is 5.02 Å². The molecule has 33 heavy (non-hydrogen) atoms. The van der Waals surface area contributed by atoms with Gasteiger partial charge in [0.2, 0.25) is 5.95 Å². The zero-order valence-electron chi connectivity index (χ0n) is 17.9. The zero-order chi connectivity index (χ0) is 23.4. The Morgan fingerprint density at radius 2 is 1.97 bits per heavy atom. The molecule has 0 radical (unpaired) electrons. The smallest absolute Gasteiger partial charge is 0.277 e. The minimum Gasteiger partial charge on any atom is -0.392 e. The van der Waals surface area contributed by atoms with Gasteiger partial charge in [-0.1, -0.05) is 11.6 Å². The van der Waals surface area contributed by atoms with Crippen LogP contribution in [-0.4, -0.2) is 88.4 Å². The minimum atomic E-state index is -3.73. The molecule has 0 spiro atoms. The molecule has 0 aromatic carbocycles. The second-order valence-corrected chi connectivity index (χ2v) is 9.69. The van der Waals surface area contributed by atoms with E-state index in [1.165, 1.54) is 6.20 Å². The third-order valence-corrected chi connectivity index (χ3v) is 6.92. The van der Waals surface area contributed by atoms with Gasteiger partial charge in [-0.25, -0.2) is 4.98 Å². The number of fused-ring (bicyclic) bond motifs is 1. The Morgan fingerprint density at radius 1 is 1.21 bits per heavy atom. The van der Waals surface area contributed by atoms with Gasteiger partial charge in [0.1, 0.15) is 17.2 Å². The SMILES string of the molecule is CN/C=C(\C=N)Nc1ncc(Cl)c(NC2COC3C(NS(=O)(=O)NC4CCOC4)COC23)n1. The van der Waals surface area contributed by atoms with Gasteiger partial charge in [0.15, 0.2) is 5.82 Å². The van der Waals surface area contributed by atoms with Crippen molar-refractivity contribution in [2.75, 3.05) is 44.1 Å². The molecule has 0 bridgehead atoms. The molecular formula is C18H27ClN8O5S. The van der Waals surface area contributed by atoms with Crippen LogP contribution in [0.15, 0.2) is 18.1 Å². The Bertz CT molecular complexity index is 990. The normalized spacial score (nSPS) is 29.6. The van der Waals surface area contributed by atoms with Crippen LogP contribution in [0, 0.1) is 5.41 Å². The Kier molecular flexibility index (Phi) is 7.63. The Morgan fingerprint density at radius 3 is 2.67 bits per heavy atom. The monoisotopic (exact) mass is 502 g/mol. The Labute approximate surface area is 196 Å². The van der Waals surface area contributed by atoms with Gasteiger partial charge in [-0.15, -0.1) is 0 Å². The van der Waals surface area contributed by atoms with Crippen LogP contribution in [0.25, 0.3) is 0 Å². The summed E-state index contributed by atoms with van der Waals surface area (Å²) < 4.78 is 47.1. The van der Waals surface area contributed by atoms with E-state index in [1.54, 1.807) is 13.2 Å². The summed E-state index contributed by atoms with van der Waals surface area (Å²) in [6, 6.07) is -1.06. The largest absolute Gasteiger partial charge is 0.392 e. The number of hydrogen-bond acceptors (Lipinski definition) is 11. The predicted octanol–water partition coefficient (Wildman–Crippen LogP) is -0.588. The van der Waals surface area contributed by atoms with E-state index in [2.05, 4.69) is 35.4 Å². The van der Waals surface area contributed by atoms with Crippen LogP contribution in [0.5, 0.6) is 0 Å². The van der Waals surface area contributed by atoms with Crippen molar-refractivity contribution in [2.24, 2.45) is 0 Å². The van der Waals surface area contributed by atoms with E-state index in [9.17, 15) is 8.42 Å². The number of hydrogen-bond donors (Lipinski definition) is 6. The van der Waals surface area contributed by atoms with Crippen LogP contribution < -0.4 is 25.4 Å². The molecule has 3 aliphatic heterocycles. The van der Waals surface area contributed by atoms with Crippen molar-refractivity contribution in [3.8, 4) is 0 Å². The molecule has 6 N–H and O–H groups in total. The topological polar surface area (TPSA) is 172 Å². The average Bonchev–Trinajstić information content (AvgIpc) is 3.50. The molecule has 3 saturated heterocycles. The van der Waals surface area contributed by atoms with Gasteiger partial charge in [-0.3, -0.25) is 0 Å². The summed E-state index contributed by atoms with van der Waals surface area (Å²) in [5.41, 5.74) is 0.460. The molecule has 3 aliphatic rings. The van der Waals surface area contributed by atoms with Gasteiger partial charge < -0.3 is 35.6 Å². The highest BCUT2D eigenvalue weighted by atomic mass is 35.5. The molecule has 3 fully saturated rings. The van der Waals surface area contributed by atoms with Crippen molar-refractivity contribution < 1.29 is 22.6 Å². The summed E-state index contributed by atoms with van der Waals surface area (Å²) in [4.78, 5) is 8.50. The summed E-state index contributed by atoms with van der Waals surface area (Å²) in [7, 11) is -2.02. The molecular weight excluding hydrogens is 476 g/mol. The number of ether oxygens (including phenoxy) is 3. The fraction of sp³-hybridized carbons (Fsp3) is 0.611. The lowest BCUT2D eigenvalue weighted by Crippen LogP contribution is -2.51. The molecule has 15 heteroatoms. The van der Waals surface area contributed by atoms with Crippen LogP contribution in [0.4, 0.5) is 11.8 Å². The van der Waals surface area contributed by atoms with Crippen LogP contribution >= 0.6 is 11.6 Å². The van der Waals surface area contributed by atoms with E-state index in [0.29, 0.717) is 36.2 Å². The first kappa shape index (κ1) is 24.1. The highest BCUT2D eigenvalue weighted by Gasteiger charge is 2.49. The molecule has 182 valence electrons. The van der Waals surface area contributed by atoms with Crippen molar-refractivity contribution in [1.82, 2.24) is 24.7 Å². The van der Waals surface area contributed by atoms with Crippen molar-refractivity contribution in [3.05, 3.63) is 23.1 Å². The maximum atomic E-state index is 12.5. The molecule has 0 aliphatic carbocycles. The quantitative estimate of drug-likeness (QED) is 0.227. The molecule has 4 rings (SSSR count). The first-order valence-corrected chi connectivity index (χ1v) is 12.3. The van der Waals surface area contributed by atoms with E-state index < -0.39 is 28.5 Å². The van der Waals surface area contributed by atoms with Gasteiger partial charge in [-0.05, 0) is 6.42 Å². The standard InChI is InChI=1S/C18H27ClN8O5S/c1-21-5-11(4-20)23-18-22-6-12(19)17(25-18)24-13-8-31-16-14(9-32-15(13)16)27-33(28,29)26-10-2-3-30-7-10/h4-6,10,13-16,20-21,26-27H,2-3,7-9H2,1H3,(H2,22,23,24,25)/b11-5+,20-4?. The molecule has 5 unspecified atom stereocenters. The Balaban J connectivity index is 1.38. The lowest BCUT2D eigenvalue weighted by atomic mass is 10.1. The maximum Gasteiger partial charge on any atom is 0.277 e. The maximum absolute atomic E-state index is 12.5. The van der Waals surface area contributed by atoms with Crippen LogP contribution in [0.3, 0.4) is 0 Å². The lowest BCUT2D eigenvalue weighted by molar-refractivity contribution is 0.0690. The van der Waals surface area contributed by atoms with Gasteiger partial charge in [-0.2, -0.15) is 22.8 Å². The zero-order valence-corrected chi connectivity index (χ0v) is 19.4. The van der Waals surface area contributed by atoms with Gasteiger partial charge in [0.25, 0.3) is 10.2 Å².